The van der Waals surface area contributed by atoms with Gasteiger partial charge >= 0.3 is 5.97 Å². The highest BCUT2D eigenvalue weighted by atomic mass is 79.9. The van der Waals surface area contributed by atoms with Crippen LogP contribution in [-0.2, 0) is 20.7 Å². The predicted octanol–water partition coefficient (Wildman–Crippen LogP) is 3.25. The molecular weight excluding hydrogens is 471 g/mol. The number of hydrogen-bond acceptors (Lipinski definition) is 6. The number of aryl methyl sites for hydroxylation is 2. The van der Waals surface area contributed by atoms with Crippen molar-refractivity contribution in [3.63, 3.8) is 0 Å². The molecule has 0 aromatic carbocycles. The first-order valence-electron chi connectivity index (χ1n) is 9.91. The maximum atomic E-state index is 10.4. The van der Waals surface area contributed by atoms with E-state index in [4.69, 9.17) is 22.4 Å². The van der Waals surface area contributed by atoms with Gasteiger partial charge in [0.15, 0.2) is 0 Å². The zero-order chi connectivity index (χ0) is 22.1. The second-order valence-electron chi connectivity index (χ2n) is 7.37. The van der Waals surface area contributed by atoms with Gasteiger partial charge < -0.3 is 24.8 Å². The van der Waals surface area contributed by atoms with Crippen molar-refractivity contribution < 1.29 is 29.6 Å². The van der Waals surface area contributed by atoms with Gasteiger partial charge in [-0.1, -0.05) is 18.5 Å². The van der Waals surface area contributed by atoms with Gasteiger partial charge in [-0.25, -0.2) is 4.79 Å². The molecule has 0 saturated heterocycles. The van der Waals surface area contributed by atoms with E-state index in [9.17, 15) is 15.0 Å². The maximum absolute atomic E-state index is 10.4. The summed E-state index contributed by atoms with van der Waals surface area (Å²) in [6, 6.07) is 2.09. The highest BCUT2D eigenvalue weighted by molar-refractivity contribution is 9.10. The Bertz CT molecular complexity index is 718. The summed E-state index contributed by atoms with van der Waals surface area (Å²) in [6.07, 6.45) is 7.23. The van der Waals surface area contributed by atoms with Crippen LogP contribution in [-0.4, -0.2) is 60.7 Å². The number of carboxylic acids is 1. The van der Waals surface area contributed by atoms with E-state index in [2.05, 4.69) is 28.9 Å². The van der Waals surface area contributed by atoms with Crippen molar-refractivity contribution in [3.05, 3.63) is 44.8 Å². The van der Waals surface area contributed by atoms with Crippen LogP contribution in [0.2, 0.25) is 6.32 Å². The lowest BCUT2D eigenvalue weighted by molar-refractivity contribution is -0.141. The molecule has 1 aromatic rings. The molecule has 2 rings (SSSR count). The monoisotopic (exact) mass is 498 g/mol. The molecular formula is C21H28BBrO6S. The molecule has 1 fully saturated rings. The van der Waals surface area contributed by atoms with Gasteiger partial charge in [-0.3, -0.25) is 0 Å². The Labute approximate surface area is 191 Å². The summed E-state index contributed by atoms with van der Waals surface area (Å²) in [6.45, 7) is 1.78. The smallest absolute Gasteiger partial charge is 0.329 e. The summed E-state index contributed by atoms with van der Waals surface area (Å²) in [5, 5.41) is 29.3. The zero-order valence-electron chi connectivity index (χ0n) is 16.9. The first-order chi connectivity index (χ1) is 14.3. The Balaban J connectivity index is 1.88. The third-order valence-corrected chi connectivity index (χ3v) is 7.27. The molecule has 1 aliphatic carbocycles. The first kappa shape index (κ1) is 25.1. The number of thiophene rings is 1. The molecule has 0 amide bonds. The highest BCUT2D eigenvalue weighted by Gasteiger charge is 2.41. The minimum Gasteiger partial charge on any atom is -0.495 e. The summed E-state index contributed by atoms with van der Waals surface area (Å²) in [4.78, 5) is 12.9. The van der Waals surface area contributed by atoms with E-state index in [-0.39, 0.29) is 25.0 Å². The summed E-state index contributed by atoms with van der Waals surface area (Å²) < 4.78 is 11.7. The van der Waals surface area contributed by atoms with Crippen molar-refractivity contribution in [3.8, 4) is 0 Å². The second kappa shape index (κ2) is 12.7. The molecule has 5 atom stereocenters. The van der Waals surface area contributed by atoms with Gasteiger partial charge in [-0.2, -0.15) is 0 Å². The number of aliphatic hydroxyl groups is 2. The lowest BCUT2D eigenvalue weighted by Gasteiger charge is -2.22. The van der Waals surface area contributed by atoms with Crippen LogP contribution in [0.5, 0.6) is 0 Å². The van der Waals surface area contributed by atoms with Crippen LogP contribution in [0.15, 0.2) is 35.0 Å². The van der Waals surface area contributed by atoms with Crippen LogP contribution in [0, 0.1) is 18.8 Å². The van der Waals surface area contributed by atoms with E-state index < -0.39 is 24.3 Å². The normalized spacial score (nSPS) is 25.3. The fraction of sp³-hybridized carbons (Fsp3) is 0.571. The third-order valence-electron chi connectivity index (χ3n) is 5.07. The van der Waals surface area contributed by atoms with Crippen molar-refractivity contribution in [2.75, 3.05) is 13.2 Å². The molecule has 164 valence electrons. The average molecular weight is 499 g/mol. The van der Waals surface area contributed by atoms with Crippen molar-refractivity contribution in [2.45, 2.75) is 50.8 Å². The number of carbonyl (C=O) groups is 1. The molecule has 6 nitrogen and oxygen atoms in total. The lowest BCUT2D eigenvalue weighted by atomic mass is 9.83. The fourth-order valence-corrected chi connectivity index (χ4v) is 5.13. The van der Waals surface area contributed by atoms with Crippen LogP contribution < -0.4 is 0 Å². The Hall–Kier alpha value is -1.13. The molecule has 1 aliphatic rings. The molecule has 2 radical (unpaired) electrons. The molecule has 1 aromatic heterocycles. The van der Waals surface area contributed by atoms with E-state index in [1.807, 2.05) is 6.08 Å². The van der Waals surface area contributed by atoms with Gasteiger partial charge in [0.05, 0.1) is 32.9 Å². The maximum Gasteiger partial charge on any atom is 0.329 e. The number of halogens is 1. The Morgan fingerprint density at radius 3 is 2.90 bits per heavy atom. The Morgan fingerprint density at radius 2 is 2.27 bits per heavy atom. The lowest BCUT2D eigenvalue weighted by Crippen LogP contribution is -2.27. The van der Waals surface area contributed by atoms with Gasteiger partial charge in [0, 0.05) is 20.1 Å². The quantitative estimate of drug-likeness (QED) is 0.177. The summed E-state index contributed by atoms with van der Waals surface area (Å²) >= 11 is 5.23. The van der Waals surface area contributed by atoms with Gasteiger partial charge in [-0.05, 0) is 60.2 Å². The molecule has 3 N–H and O–H groups in total. The molecule has 30 heavy (non-hydrogen) atoms. The van der Waals surface area contributed by atoms with Crippen LogP contribution in [0.25, 0.3) is 0 Å². The van der Waals surface area contributed by atoms with Gasteiger partial charge in [0.1, 0.15) is 12.7 Å². The van der Waals surface area contributed by atoms with Crippen molar-refractivity contribution >= 4 is 41.1 Å². The van der Waals surface area contributed by atoms with Crippen molar-refractivity contribution in [1.82, 2.24) is 0 Å². The SMILES string of the molecule is [B]C[C@@H]1CC(O)[C@H](OC=CCOCC(=O)O)[C@H]1C=C[C@@H](O)CCc1cc(Br)c(C)s1. The molecule has 1 saturated carbocycles. The third kappa shape index (κ3) is 7.85. The summed E-state index contributed by atoms with van der Waals surface area (Å²) in [5.74, 6) is -1.10. The highest BCUT2D eigenvalue weighted by Crippen LogP contribution is 2.37. The van der Waals surface area contributed by atoms with Crippen LogP contribution in [0.1, 0.15) is 22.6 Å². The average Bonchev–Trinajstić information content (AvgIpc) is 3.19. The topological polar surface area (TPSA) is 96.2 Å². The van der Waals surface area contributed by atoms with Crippen molar-refractivity contribution in [2.24, 2.45) is 11.8 Å². The standard InChI is InChI=1S/C21H28BBrO6S/c1-13-18(23)10-16(30-13)5-3-15(24)4-6-17-14(11-22)9-19(25)21(17)29-8-2-7-28-12-20(26)27/h2,4,6,8,10,14-15,17,19,21,24-25H,3,5,7,9,11-12H2,1H3,(H,26,27)/t14-,15-,17-,19?,21+/m0/s1. The Kier molecular flexibility index (Phi) is 10.6. The number of carboxylic acid groups (broad SMARTS) is 1. The number of aliphatic carboxylic acids is 1. The van der Waals surface area contributed by atoms with Crippen LogP contribution in [0.4, 0.5) is 0 Å². The van der Waals surface area contributed by atoms with E-state index in [1.165, 1.54) is 16.0 Å². The van der Waals surface area contributed by atoms with Crippen molar-refractivity contribution in [1.29, 1.82) is 0 Å². The summed E-state index contributed by atoms with van der Waals surface area (Å²) in [7, 11) is 5.87. The fourth-order valence-electron chi connectivity index (χ4n) is 3.51. The minimum absolute atomic E-state index is 0.0565. The van der Waals surface area contributed by atoms with Crippen LogP contribution >= 0.6 is 27.3 Å². The van der Waals surface area contributed by atoms with E-state index in [1.54, 1.807) is 23.5 Å². The predicted molar refractivity (Wildman–Crippen MR) is 121 cm³/mol. The second-order valence-corrected chi connectivity index (χ2v) is 9.56. The van der Waals surface area contributed by atoms with Gasteiger partial charge in [0.25, 0.3) is 0 Å². The summed E-state index contributed by atoms with van der Waals surface area (Å²) in [5.41, 5.74) is 0. The molecule has 0 spiro atoms. The molecule has 0 bridgehead atoms. The van der Waals surface area contributed by atoms with E-state index in [0.717, 1.165) is 10.9 Å². The Morgan fingerprint density at radius 1 is 1.50 bits per heavy atom. The van der Waals surface area contributed by atoms with Crippen LogP contribution in [0.3, 0.4) is 0 Å². The molecule has 0 aliphatic heterocycles. The molecule has 9 heteroatoms. The number of rotatable bonds is 12. The van der Waals surface area contributed by atoms with Gasteiger partial charge in [-0.15, -0.1) is 11.3 Å². The number of aliphatic hydroxyl groups excluding tert-OH is 2. The largest absolute Gasteiger partial charge is 0.495 e. The molecule has 1 heterocycles. The molecule has 1 unspecified atom stereocenters. The number of ether oxygens (including phenoxy) is 2. The number of hydrogen-bond donors (Lipinski definition) is 3. The first-order valence-corrected chi connectivity index (χ1v) is 11.5. The minimum atomic E-state index is -1.04. The van der Waals surface area contributed by atoms with E-state index >= 15 is 0 Å². The van der Waals surface area contributed by atoms with Gasteiger partial charge in [0.2, 0.25) is 0 Å². The zero-order valence-corrected chi connectivity index (χ0v) is 19.3. The van der Waals surface area contributed by atoms with E-state index in [0.29, 0.717) is 19.2 Å².